The van der Waals surface area contributed by atoms with E-state index in [0.29, 0.717) is 6.07 Å². The molecule has 1 atom stereocenters. The summed E-state index contributed by atoms with van der Waals surface area (Å²) in [5.74, 6) is -30.1. The third kappa shape index (κ3) is 2.43. The Hall–Kier alpha value is -2.05. The smallest absolute Gasteiger partial charge is 0.321 e. The molecule has 0 unspecified atom stereocenters. The Morgan fingerprint density at radius 1 is 1.00 bits per heavy atom. The normalized spacial score (nSPS) is 27.1. The molecule has 140 valence electrons. The maximum Gasteiger partial charge on any atom is 0.428 e. The summed E-state index contributed by atoms with van der Waals surface area (Å²) < 4.78 is 134. The molecule has 0 aliphatic carbocycles. The Kier molecular flexibility index (Phi) is 4.03. The molecule has 0 radical (unpaired) electrons. The van der Waals surface area contributed by atoms with Crippen molar-refractivity contribution in [2.45, 2.75) is 29.7 Å². The number of carbonyl (C=O) groups is 1. The molecule has 1 aromatic rings. The van der Waals surface area contributed by atoms with E-state index in [1.807, 2.05) is 0 Å². The first-order valence-electron chi connectivity index (χ1n) is 6.07. The van der Waals surface area contributed by atoms with Crippen molar-refractivity contribution in [1.82, 2.24) is 0 Å². The van der Waals surface area contributed by atoms with Crippen LogP contribution >= 0.6 is 0 Å². The third-order valence-corrected chi connectivity index (χ3v) is 3.20. The molecule has 0 saturated carbocycles. The van der Waals surface area contributed by atoms with Gasteiger partial charge in [-0.3, -0.25) is 9.53 Å². The summed E-state index contributed by atoms with van der Waals surface area (Å²) in [5, 5.41) is 1.05. The van der Waals surface area contributed by atoms with Crippen LogP contribution in [0.4, 0.5) is 49.6 Å². The summed E-state index contributed by atoms with van der Waals surface area (Å²) in [6.07, 6.45) is -6.33. The van der Waals surface area contributed by atoms with E-state index in [9.17, 15) is 48.7 Å². The summed E-state index contributed by atoms with van der Waals surface area (Å²) in [4.78, 5) is 11.3. The number of nitrogens with one attached hydrogen (secondary N) is 1. The minimum atomic E-state index is -6.77. The summed E-state index contributed by atoms with van der Waals surface area (Å²) in [7, 11) is 0. The molecule has 1 saturated heterocycles. The van der Waals surface area contributed by atoms with Gasteiger partial charge in [0.05, 0.1) is 0 Å². The average Bonchev–Trinajstić information content (AvgIpc) is 2.54. The number of halogens is 10. The van der Waals surface area contributed by atoms with Crippen LogP contribution in [0.5, 0.6) is 0 Å². The van der Waals surface area contributed by atoms with Crippen LogP contribution in [0.3, 0.4) is 0 Å². The van der Waals surface area contributed by atoms with Gasteiger partial charge < -0.3 is 5.32 Å². The standard InChI is InChI=1S/C12H5F10NO2/c13-5-2-1-3-6(4-5)23-7(24)8(14,15)11(20)9(16,17)10(18,19)12(21,22)25-11/h1-4H,(H,23,24)/t11-/m1/s1. The van der Waals surface area contributed by atoms with E-state index in [1.54, 1.807) is 0 Å². The zero-order valence-electron chi connectivity index (χ0n) is 11.4. The minimum Gasteiger partial charge on any atom is -0.321 e. The van der Waals surface area contributed by atoms with Crippen molar-refractivity contribution in [3.05, 3.63) is 30.1 Å². The van der Waals surface area contributed by atoms with Crippen molar-refractivity contribution in [3.63, 3.8) is 0 Å². The van der Waals surface area contributed by atoms with Crippen LogP contribution in [-0.4, -0.2) is 35.6 Å². The second-order valence-electron chi connectivity index (χ2n) is 4.90. The summed E-state index contributed by atoms with van der Waals surface area (Å²) in [6.45, 7) is 0. The minimum absolute atomic E-state index is 0.385. The highest BCUT2D eigenvalue weighted by Gasteiger charge is 2.96. The predicted molar refractivity (Wildman–Crippen MR) is 59.7 cm³/mol. The van der Waals surface area contributed by atoms with Gasteiger partial charge >= 0.3 is 35.6 Å². The first kappa shape index (κ1) is 19.3. The van der Waals surface area contributed by atoms with Gasteiger partial charge in [0.25, 0.3) is 0 Å². The zero-order valence-corrected chi connectivity index (χ0v) is 11.4. The fourth-order valence-electron chi connectivity index (χ4n) is 1.87. The number of rotatable bonds is 3. The topological polar surface area (TPSA) is 38.3 Å². The van der Waals surface area contributed by atoms with Gasteiger partial charge in [-0.1, -0.05) is 6.07 Å². The highest BCUT2D eigenvalue weighted by atomic mass is 19.4. The number of alkyl halides is 9. The van der Waals surface area contributed by atoms with E-state index in [-0.39, 0.29) is 0 Å². The van der Waals surface area contributed by atoms with Crippen LogP contribution < -0.4 is 5.32 Å². The molecule has 1 N–H and O–H groups in total. The highest BCUT2D eigenvalue weighted by Crippen LogP contribution is 2.64. The number of ether oxygens (including phenoxy) is 1. The Morgan fingerprint density at radius 3 is 2.00 bits per heavy atom. The van der Waals surface area contributed by atoms with E-state index in [0.717, 1.165) is 23.5 Å². The van der Waals surface area contributed by atoms with E-state index >= 15 is 0 Å². The molecule has 3 nitrogen and oxygen atoms in total. The van der Waals surface area contributed by atoms with Crippen molar-refractivity contribution >= 4 is 11.6 Å². The largest absolute Gasteiger partial charge is 0.428 e. The lowest BCUT2D eigenvalue weighted by atomic mass is 9.99. The molecule has 1 fully saturated rings. The molecule has 1 aliphatic rings. The van der Waals surface area contributed by atoms with Gasteiger partial charge in [0.2, 0.25) is 0 Å². The van der Waals surface area contributed by atoms with Gasteiger partial charge in [-0.2, -0.15) is 39.5 Å². The van der Waals surface area contributed by atoms with Crippen molar-refractivity contribution in [2.75, 3.05) is 5.32 Å². The quantitative estimate of drug-likeness (QED) is 0.801. The van der Waals surface area contributed by atoms with Gasteiger partial charge in [-0.15, -0.1) is 0 Å². The first-order valence-corrected chi connectivity index (χ1v) is 6.07. The zero-order chi connectivity index (χ0) is 19.5. The number of hydrogen-bond acceptors (Lipinski definition) is 2. The average molecular weight is 385 g/mol. The van der Waals surface area contributed by atoms with Crippen LogP contribution in [0.1, 0.15) is 0 Å². The molecule has 1 aliphatic heterocycles. The maximum absolute atomic E-state index is 13.9. The molecule has 25 heavy (non-hydrogen) atoms. The fraction of sp³-hybridized carbons (Fsp3) is 0.417. The van der Waals surface area contributed by atoms with Gasteiger partial charge in [-0.05, 0) is 18.2 Å². The lowest BCUT2D eigenvalue weighted by Gasteiger charge is -2.31. The van der Waals surface area contributed by atoms with E-state index in [2.05, 4.69) is 4.74 Å². The van der Waals surface area contributed by atoms with Gasteiger partial charge in [0, 0.05) is 5.69 Å². The lowest BCUT2D eigenvalue weighted by Crippen LogP contribution is -2.63. The highest BCUT2D eigenvalue weighted by molar-refractivity contribution is 5.97. The first-order chi connectivity index (χ1) is 11.1. The molecule has 0 spiro atoms. The van der Waals surface area contributed by atoms with Crippen molar-refractivity contribution in [1.29, 1.82) is 0 Å². The second-order valence-corrected chi connectivity index (χ2v) is 4.90. The van der Waals surface area contributed by atoms with Crippen LogP contribution in [0.2, 0.25) is 0 Å². The SMILES string of the molecule is O=C(Nc1cccc(F)c1)C(F)(F)[C@@]1(F)OC(F)(F)C(F)(F)C1(F)F. The lowest BCUT2D eigenvalue weighted by molar-refractivity contribution is -0.366. The monoisotopic (exact) mass is 385 g/mol. The molecular weight excluding hydrogens is 380 g/mol. The second kappa shape index (κ2) is 5.22. The molecule has 0 aromatic heterocycles. The van der Waals surface area contributed by atoms with Crippen LogP contribution in [-0.2, 0) is 9.53 Å². The van der Waals surface area contributed by atoms with Gasteiger partial charge in [0.1, 0.15) is 5.82 Å². The molecule has 0 bridgehead atoms. The fourth-order valence-corrected chi connectivity index (χ4v) is 1.87. The van der Waals surface area contributed by atoms with Crippen molar-refractivity contribution < 1.29 is 53.4 Å². The number of anilines is 1. The van der Waals surface area contributed by atoms with Crippen molar-refractivity contribution in [3.8, 4) is 0 Å². The molecule has 1 heterocycles. The molecular formula is C12H5F10NO2. The van der Waals surface area contributed by atoms with Crippen LogP contribution in [0.15, 0.2) is 24.3 Å². The summed E-state index contributed by atoms with van der Waals surface area (Å²) in [5.41, 5.74) is -0.812. The Bertz CT molecular complexity index is 707. The molecule has 2 rings (SSSR count). The number of hydrogen-bond donors (Lipinski definition) is 1. The molecule has 1 amide bonds. The summed E-state index contributed by atoms with van der Waals surface area (Å²) >= 11 is 0. The van der Waals surface area contributed by atoms with Gasteiger partial charge in [0.15, 0.2) is 0 Å². The number of amides is 1. The van der Waals surface area contributed by atoms with Crippen molar-refractivity contribution in [2.24, 2.45) is 0 Å². The Balaban J connectivity index is 2.42. The summed E-state index contributed by atoms with van der Waals surface area (Å²) in [6, 6.07) is 2.77. The van der Waals surface area contributed by atoms with E-state index in [4.69, 9.17) is 0 Å². The number of benzene rings is 1. The Labute approximate surface area is 131 Å². The van der Waals surface area contributed by atoms with Crippen LogP contribution in [0.25, 0.3) is 0 Å². The molecule has 1 aromatic carbocycles. The third-order valence-electron chi connectivity index (χ3n) is 3.20. The van der Waals surface area contributed by atoms with E-state index < -0.39 is 47.1 Å². The van der Waals surface area contributed by atoms with Crippen LogP contribution in [0, 0.1) is 5.82 Å². The van der Waals surface area contributed by atoms with Gasteiger partial charge in [-0.25, -0.2) is 4.39 Å². The molecule has 13 heteroatoms. The number of carbonyl (C=O) groups excluding carboxylic acids is 1. The predicted octanol–water partition coefficient (Wildman–Crippen LogP) is 3.96. The Morgan fingerprint density at radius 2 is 1.56 bits per heavy atom. The van der Waals surface area contributed by atoms with E-state index in [1.165, 1.54) is 0 Å². The maximum atomic E-state index is 13.9.